The minimum atomic E-state index is -2.93. The molecule has 0 saturated carbocycles. The normalized spacial score (nSPS) is 19.5. The Bertz CT molecular complexity index is 695. The maximum Gasteiger partial charge on any atom is 0.191 e. The summed E-state index contributed by atoms with van der Waals surface area (Å²) < 4.78 is 36.9. The lowest BCUT2D eigenvalue weighted by Crippen LogP contribution is -2.43. The standard InChI is InChI=1S/C15H23FN4O2S.HI/c1-17-15(19-12-6-7-23(21,22)10-12)18-9-11-4-5-14(20(2)3)13(16)8-11;/h4-5,8,12H,6-7,9-10H2,1-3H3,(H2,17,18,19);1H. The molecule has 1 aromatic rings. The Kier molecular flexibility index (Phi) is 7.71. The average Bonchev–Trinajstić information content (AvgIpc) is 2.82. The van der Waals surface area contributed by atoms with Crippen LogP contribution in [0.15, 0.2) is 23.2 Å². The zero-order chi connectivity index (χ0) is 17.0. The van der Waals surface area contributed by atoms with Crippen molar-refractivity contribution in [3.8, 4) is 0 Å². The lowest BCUT2D eigenvalue weighted by molar-refractivity contribution is 0.599. The summed E-state index contributed by atoms with van der Waals surface area (Å²) >= 11 is 0. The van der Waals surface area contributed by atoms with E-state index in [4.69, 9.17) is 0 Å². The molecule has 24 heavy (non-hydrogen) atoms. The molecular weight excluding hydrogens is 446 g/mol. The smallest absolute Gasteiger partial charge is 0.191 e. The highest BCUT2D eigenvalue weighted by Crippen LogP contribution is 2.18. The molecule has 1 heterocycles. The van der Waals surface area contributed by atoms with E-state index in [2.05, 4.69) is 15.6 Å². The van der Waals surface area contributed by atoms with Gasteiger partial charge in [-0.15, -0.1) is 24.0 Å². The van der Waals surface area contributed by atoms with Crippen LogP contribution in [0.2, 0.25) is 0 Å². The highest BCUT2D eigenvalue weighted by atomic mass is 127. The van der Waals surface area contributed by atoms with Gasteiger partial charge < -0.3 is 15.5 Å². The second-order valence-electron chi connectivity index (χ2n) is 5.85. The third-order valence-corrected chi connectivity index (χ3v) is 5.52. The van der Waals surface area contributed by atoms with Gasteiger partial charge in [-0.2, -0.15) is 0 Å². The number of anilines is 1. The van der Waals surface area contributed by atoms with Gasteiger partial charge in [0.05, 0.1) is 17.2 Å². The van der Waals surface area contributed by atoms with Crippen molar-refractivity contribution in [3.05, 3.63) is 29.6 Å². The third-order valence-electron chi connectivity index (χ3n) is 3.75. The second kappa shape index (κ2) is 8.84. The van der Waals surface area contributed by atoms with E-state index < -0.39 is 9.84 Å². The summed E-state index contributed by atoms with van der Waals surface area (Å²) in [5.74, 6) is 0.571. The summed E-state index contributed by atoms with van der Waals surface area (Å²) in [6.07, 6.45) is 0.579. The molecule has 1 unspecified atom stereocenters. The van der Waals surface area contributed by atoms with E-state index in [1.165, 1.54) is 6.07 Å². The topological polar surface area (TPSA) is 73.8 Å². The van der Waals surface area contributed by atoms with Gasteiger partial charge >= 0.3 is 0 Å². The van der Waals surface area contributed by atoms with Gasteiger partial charge in [0.25, 0.3) is 0 Å². The van der Waals surface area contributed by atoms with Gasteiger partial charge in [-0.3, -0.25) is 4.99 Å². The number of nitrogens with one attached hydrogen (secondary N) is 2. The largest absolute Gasteiger partial charge is 0.375 e. The maximum atomic E-state index is 13.9. The average molecular weight is 470 g/mol. The summed E-state index contributed by atoms with van der Waals surface area (Å²) in [5.41, 5.74) is 1.32. The maximum absolute atomic E-state index is 13.9. The summed E-state index contributed by atoms with van der Waals surface area (Å²) in [7, 11) is 2.26. The number of hydrogen-bond donors (Lipinski definition) is 2. The molecule has 0 bridgehead atoms. The van der Waals surface area contributed by atoms with Crippen molar-refractivity contribution in [1.29, 1.82) is 0 Å². The quantitative estimate of drug-likeness (QED) is 0.395. The predicted octanol–water partition coefficient (Wildman–Crippen LogP) is 1.36. The molecule has 2 rings (SSSR count). The summed E-state index contributed by atoms with van der Waals surface area (Å²) in [4.78, 5) is 5.80. The summed E-state index contributed by atoms with van der Waals surface area (Å²) in [5, 5.41) is 6.17. The summed E-state index contributed by atoms with van der Waals surface area (Å²) in [6, 6.07) is 4.93. The number of hydrogen-bond acceptors (Lipinski definition) is 4. The van der Waals surface area contributed by atoms with Gasteiger partial charge in [-0.25, -0.2) is 12.8 Å². The van der Waals surface area contributed by atoms with Gasteiger partial charge in [0.2, 0.25) is 0 Å². The Morgan fingerprint density at radius 2 is 2.12 bits per heavy atom. The van der Waals surface area contributed by atoms with Crippen LogP contribution < -0.4 is 15.5 Å². The van der Waals surface area contributed by atoms with Gasteiger partial charge in [0.15, 0.2) is 15.8 Å². The molecule has 1 saturated heterocycles. The molecule has 1 aliphatic heterocycles. The van der Waals surface area contributed by atoms with Crippen molar-refractivity contribution in [2.45, 2.75) is 19.0 Å². The Morgan fingerprint density at radius 3 is 2.62 bits per heavy atom. The second-order valence-corrected chi connectivity index (χ2v) is 8.08. The van der Waals surface area contributed by atoms with Gasteiger partial charge in [0.1, 0.15) is 5.82 Å². The highest BCUT2D eigenvalue weighted by Gasteiger charge is 2.28. The zero-order valence-corrected chi connectivity index (χ0v) is 17.2. The van der Waals surface area contributed by atoms with Crippen LogP contribution in [0.5, 0.6) is 0 Å². The fraction of sp³-hybridized carbons (Fsp3) is 0.533. The van der Waals surface area contributed by atoms with Crippen molar-refractivity contribution in [2.24, 2.45) is 4.99 Å². The Hall–Kier alpha value is -1.10. The van der Waals surface area contributed by atoms with E-state index in [1.54, 1.807) is 32.1 Å². The first-order valence-corrected chi connectivity index (χ1v) is 9.26. The van der Waals surface area contributed by atoms with Crippen LogP contribution in [0.4, 0.5) is 10.1 Å². The Balaban J connectivity index is 0.00000288. The summed E-state index contributed by atoms with van der Waals surface area (Å²) in [6.45, 7) is 0.407. The molecule has 0 spiro atoms. The van der Waals surface area contributed by atoms with Gasteiger partial charge in [-0.05, 0) is 24.1 Å². The molecule has 1 aliphatic rings. The molecule has 0 aliphatic carbocycles. The molecule has 1 aromatic carbocycles. The zero-order valence-electron chi connectivity index (χ0n) is 14.0. The molecule has 2 N–H and O–H groups in total. The SMILES string of the molecule is CN=C(NCc1ccc(N(C)C)c(F)c1)NC1CCS(=O)(=O)C1.I. The van der Waals surface area contributed by atoms with E-state index in [9.17, 15) is 12.8 Å². The minimum absolute atomic E-state index is 0. The fourth-order valence-electron chi connectivity index (χ4n) is 2.51. The number of guanidine groups is 1. The van der Waals surface area contributed by atoms with Crippen molar-refractivity contribution < 1.29 is 12.8 Å². The molecule has 6 nitrogen and oxygen atoms in total. The lowest BCUT2D eigenvalue weighted by Gasteiger charge is -2.17. The Morgan fingerprint density at radius 1 is 1.42 bits per heavy atom. The number of nitrogens with zero attached hydrogens (tertiary/aromatic N) is 2. The van der Waals surface area contributed by atoms with E-state index in [0.29, 0.717) is 24.6 Å². The molecule has 136 valence electrons. The first kappa shape index (κ1) is 20.9. The molecule has 0 radical (unpaired) electrons. The van der Waals surface area contributed by atoms with Crippen LogP contribution in [0.3, 0.4) is 0 Å². The first-order valence-electron chi connectivity index (χ1n) is 7.44. The van der Waals surface area contributed by atoms with Crippen LogP contribution in [0.1, 0.15) is 12.0 Å². The van der Waals surface area contributed by atoms with Crippen LogP contribution in [0.25, 0.3) is 0 Å². The van der Waals surface area contributed by atoms with E-state index in [1.807, 2.05) is 6.07 Å². The molecule has 0 amide bonds. The highest BCUT2D eigenvalue weighted by molar-refractivity contribution is 14.0. The van der Waals surface area contributed by atoms with Crippen LogP contribution in [-0.4, -0.2) is 53.1 Å². The molecule has 0 aromatic heterocycles. The van der Waals surface area contributed by atoms with Crippen molar-refractivity contribution in [2.75, 3.05) is 37.5 Å². The van der Waals surface area contributed by atoms with Gasteiger partial charge in [-0.1, -0.05) is 6.07 Å². The number of rotatable bonds is 4. The minimum Gasteiger partial charge on any atom is -0.375 e. The van der Waals surface area contributed by atoms with Crippen LogP contribution >= 0.6 is 24.0 Å². The molecule has 1 atom stereocenters. The van der Waals surface area contributed by atoms with Crippen molar-refractivity contribution in [3.63, 3.8) is 0 Å². The number of halogens is 2. The first-order chi connectivity index (χ1) is 10.8. The predicted molar refractivity (Wildman–Crippen MR) is 107 cm³/mol. The molecular formula is C15H24FIN4O2S. The van der Waals surface area contributed by atoms with E-state index in [0.717, 1.165) is 5.56 Å². The van der Waals surface area contributed by atoms with Crippen molar-refractivity contribution >= 4 is 45.5 Å². The number of aliphatic imine (C=N–C) groups is 1. The van der Waals surface area contributed by atoms with Crippen molar-refractivity contribution in [1.82, 2.24) is 10.6 Å². The van der Waals surface area contributed by atoms with E-state index in [-0.39, 0.29) is 47.3 Å². The third kappa shape index (κ3) is 5.76. The van der Waals surface area contributed by atoms with Crippen LogP contribution in [0, 0.1) is 5.82 Å². The monoisotopic (exact) mass is 470 g/mol. The molecule has 9 heteroatoms. The van der Waals surface area contributed by atoms with Gasteiger partial charge in [0, 0.05) is 33.7 Å². The lowest BCUT2D eigenvalue weighted by atomic mass is 10.2. The van der Waals surface area contributed by atoms with E-state index >= 15 is 0 Å². The fourth-order valence-corrected chi connectivity index (χ4v) is 4.18. The molecule has 1 fully saturated rings. The number of benzene rings is 1. The number of sulfone groups is 1. The Labute approximate surface area is 159 Å². The van der Waals surface area contributed by atoms with Crippen LogP contribution in [-0.2, 0) is 16.4 Å².